The third-order valence-corrected chi connectivity index (χ3v) is 3.64. The number of anilines is 1. The lowest BCUT2D eigenvalue weighted by molar-refractivity contribution is 0.141. The number of rotatable bonds is 5. The van der Waals surface area contributed by atoms with Gasteiger partial charge in [0.05, 0.1) is 17.8 Å². The zero-order valence-electron chi connectivity index (χ0n) is 10.1. The molecule has 3 N–H and O–H groups in total. The quantitative estimate of drug-likeness (QED) is 0.796. The second-order valence-electron chi connectivity index (χ2n) is 4.32. The summed E-state index contributed by atoms with van der Waals surface area (Å²) in [5.41, 5.74) is 4.98. The van der Waals surface area contributed by atoms with E-state index in [1.165, 1.54) is 19.4 Å². The third kappa shape index (κ3) is 3.65. The second-order valence-corrected chi connectivity index (χ2v) is 5.92. The van der Waals surface area contributed by atoms with Gasteiger partial charge in [-0.2, -0.15) is 0 Å². The summed E-state index contributed by atoms with van der Waals surface area (Å²) in [6.07, 6.45) is 1.38. The number of nitrogen functional groups attached to an aromatic ring is 1. The van der Waals surface area contributed by atoms with Crippen LogP contribution in [-0.2, 0) is 14.8 Å². The van der Waals surface area contributed by atoms with Gasteiger partial charge in [0.2, 0.25) is 0 Å². The Morgan fingerprint density at radius 2 is 2.18 bits per heavy atom. The van der Waals surface area contributed by atoms with Crippen LogP contribution in [0.15, 0.2) is 23.4 Å². The summed E-state index contributed by atoms with van der Waals surface area (Å²) in [5, 5.41) is -0.163. The van der Waals surface area contributed by atoms with Crippen LogP contribution in [0.2, 0.25) is 0 Å². The molecule has 1 aromatic rings. The Balaban J connectivity index is 3.02. The smallest absolute Gasteiger partial charge is 0.260 e. The van der Waals surface area contributed by atoms with Gasteiger partial charge >= 0.3 is 0 Å². The molecule has 0 fully saturated rings. The number of nitrogens with two attached hydrogens (primary N) is 1. The second kappa shape index (κ2) is 4.99. The average molecular weight is 259 g/mol. The maximum atomic E-state index is 12.0. The molecule has 0 unspecified atom stereocenters. The van der Waals surface area contributed by atoms with Crippen molar-refractivity contribution in [1.82, 2.24) is 9.71 Å². The fourth-order valence-electron chi connectivity index (χ4n) is 1.43. The van der Waals surface area contributed by atoms with Crippen molar-refractivity contribution in [1.29, 1.82) is 0 Å². The van der Waals surface area contributed by atoms with Crippen LogP contribution >= 0.6 is 0 Å². The highest BCUT2D eigenvalue weighted by Gasteiger charge is 2.28. The van der Waals surface area contributed by atoms with E-state index in [4.69, 9.17) is 10.5 Å². The van der Waals surface area contributed by atoms with Crippen molar-refractivity contribution in [2.24, 2.45) is 0 Å². The van der Waals surface area contributed by atoms with E-state index in [0.717, 1.165) is 0 Å². The predicted molar refractivity (Wildman–Crippen MR) is 64.9 cm³/mol. The molecule has 0 atom stereocenters. The van der Waals surface area contributed by atoms with Gasteiger partial charge in [0.15, 0.2) is 5.03 Å². The van der Waals surface area contributed by atoms with E-state index < -0.39 is 15.6 Å². The first-order valence-corrected chi connectivity index (χ1v) is 6.50. The van der Waals surface area contributed by atoms with Gasteiger partial charge in [-0.25, -0.2) is 18.1 Å². The van der Waals surface area contributed by atoms with Gasteiger partial charge in [-0.1, -0.05) is 0 Å². The molecule has 6 nitrogen and oxygen atoms in total. The Labute approximate surface area is 101 Å². The molecule has 0 radical (unpaired) electrons. The molecule has 1 rings (SSSR count). The van der Waals surface area contributed by atoms with Gasteiger partial charge in [0.1, 0.15) is 0 Å². The van der Waals surface area contributed by atoms with Crippen molar-refractivity contribution >= 4 is 15.7 Å². The number of ether oxygens (including phenoxy) is 1. The van der Waals surface area contributed by atoms with Gasteiger partial charge in [-0.15, -0.1) is 0 Å². The maximum Gasteiger partial charge on any atom is 0.260 e. The molecule has 0 aliphatic heterocycles. The molecule has 0 aromatic carbocycles. The van der Waals surface area contributed by atoms with Crippen LogP contribution in [-0.4, -0.2) is 32.7 Å². The molecular weight excluding hydrogens is 242 g/mol. The van der Waals surface area contributed by atoms with E-state index in [0.29, 0.717) is 0 Å². The zero-order valence-corrected chi connectivity index (χ0v) is 10.9. The average Bonchev–Trinajstić information content (AvgIpc) is 2.15. The van der Waals surface area contributed by atoms with Gasteiger partial charge in [0.25, 0.3) is 10.0 Å². The van der Waals surface area contributed by atoms with Gasteiger partial charge in [0, 0.05) is 13.3 Å². The highest BCUT2D eigenvalue weighted by Crippen LogP contribution is 2.16. The van der Waals surface area contributed by atoms with Crippen LogP contribution in [0.25, 0.3) is 0 Å². The number of aromatic nitrogens is 1. The monoisotopic (exact) mass is 259 g/mol. The number of nitrogens with one attached hydrogen (secondary N) is 1. The molecule has 0 saturated carbocycles. The van der Waals surface area contributed by atoms with Crippen molar-refractivity contribution < 1.29 is 13.2 Å². The fourth-order valence-corrected chi connectivity index (χ4v) is 2.89. The lowest BCUT2D eigenvalue weighted by Crippen LogP contribution is -2.46. The highest BCUT2D eigenvalue weighted by atomic mass is 32.2. The summed E-state index contributed by atoms with van der Waals surface area (Å²) in [6, 6.07) is 3.07. The normalized spacial score (nSPS) is 12.6. The Bertz CT molecular complexity index is 485. The molecule has 0 bridgehead atoms. The van der Waals surface area contributed by atoms with Crippen LogP contribution in [0.1, 0.15) is 13.8 Å². The summed E-state index contributed by atoms with van der Waals surface area (Å²) >= 11 is 0. The molecule has 1 heterocycles. The molecule has 0 saturated heterocycles. The van der Waals surface area contributed by atoms with E-state index in [9.17, 15) is 8.42 Å². The Morgan fingerprint density at radius 3 is 2.71 bits per heavy atom. The molecule has 0 amide bonds. The van der Waals surface area contributed by atoms with Crippen LogP contribution in [0, 0.1) is 0 Å². The number of hydrogen-bond donors (Lipinski definition) is 2. The van der Waals surface area contributed by atoms with E-state index in [1.807, 2.05) is 0 Å². The molecule has 0 aliphatic rings. The van der Waals surface area contributed by atoms with Gasteiger partial charge in [-0.05, 0) is 26.0 Å². The maximum absolute atomic E-state index is 12.0. The molecule has 7 heteroatoms. The topological polar surface area (TPSA) is 94.3 Å². The van der Waals surface area contributed by atoms with Crippen LogP contribution < -0.4 is 10.5 Å². The molecular formula is C10H17N3O3S. The van der Waals surface area contributed by atoms with Crippen molar-refractivity contribution in [3.05, 3.63) is 18.3 Å². The van der Waals surface area contributed by atoms with Crippen molar-refractivity contribution in [2.45, 2.75) is 24.4 Å². The summed E-state index contributed by atoms with van der Waals surface area (Å²) in [6.45, 7) is 3.68. The third-order valence-electron chi connectivity index (χ3n) is 1.97. The number of pyridine rings is 1. The van der Waals surface area contributed by atoms with E-state index >= 15 is 0 Å². The molecule has 96 valence electrons. The first kappa shape index (κ1) is 13.9. The molecule has 17 heavy (non-hydrogen) atoms. The van der Waals surface area contributed by atoms with E-state index in [2.05, 4.69) is 9.71 Å². The lowest BCUT2D eigenvalue weighted by Gasteiger charge is -2.24. The minimum atomic E-state index is -3.74. The molecule has 1 aromatic heterocycles. The predicted octanol–water partition coefficient (Wildman–Crippen LogP) is 0.367. The van der Waals surface area contributed by atoms with Gasteiger partial charge in [-0.3, -0.25) is 0 Å². The van der Waals surface area contributed by atoms with E-state index in [1.54, 1.807) is 19.9 Å². The Kier molecular flexibility index (Phi) is 4.07. The van der Waals surface area contributed by atoms with Crippen LogP contribution in [0.3, 0.4) is 0 Å². The van der Waals surface area contributed by atoms with Crippen molar-refractivity contribution in [3.8, 4) is 0 Å². The lowest BCUT2D eigenvalue weighted by atomic mass is 10.1. The minimum Gasteiger partial charge on any atom is -0.396 e. The number of sulfonamides is 1. The van der Waals surface area contributed by atoms with Crippen LogP contribution in [0.4, 0.5) is 5.69 Å². The number of hydrogen-bond acceptors (Lipinski definition) is 5. The summed E-state index contributed by atoms with van der Waals surface area (Å²) in [5.74, 6) is 0. The Hall–Kier alpha value is -1.18. The number of methoxy groups -OCH3 is 1. The minimum absolute atomic E-state index is 0.119. The zero-order chi connectivity index (χ0) is 13.1. The van der Waals surface area contributed by atoms with Crippen LogP contribution in [0.5, 0.6) is 0 Å². The first-order valence-electron chi connectivity index (χ1n) is 5.02. The highest BCUT2D eigenvalue weighted by molar-refractivity contribution is 7.89. The fraction of sp³-hybridized carbons (Fsp3) is 0.500. The summed E-state index contributed by atoms with van der Waals surface area (Å²) in [4.78, 5) is 3.78. The Morgan fingerprint density at radius 1 is 1.53 bits per heavy atom. The SMILES string of the molecule is COCC(C)(C)NS(=O)(=O)c1ncccc1N. The van der Waals surface area contributed by atoms with E-state index in [-0.39, 0.29) is 17.3 Å². The van der Waals surface area contributed by atoms with Crippen molar-refractivity contribution in [2.75, 3.05) is 19.5 Å². The molecule has 0 spiro atoms. The largest absolute Gasteiger partial charge is 0.396 e. The first-order chi connectivity index (χ1) is 7.78. The standard InChI is InChI=1S/C10H17N3O3S/c1-10(2,7-16-3)13-17(14,15)9-8(11)5-4-6-12-9/h4-6,13H,7,11H2,1-3H3. The summed E-state index contributed by atoms with van der Waals surface area (Å²) in [7, 11) is -2.23. The number of nitrogens with zero attached hydrogens (tertiary/aromatic N) is 1. The van der Waals surface area contributed by atoms with Gasteiger partial charge < -0.3 is 10.5 Å². The summed E-state index contributed by atoms with van der Waals surface area (Å²) < 4.78 is 31.5. The molecule has 0 aliphatic carbocycles. The van der Waals surface area contributed by atoms with Crippen molar-refractivity contribution in [3.63, 3.8) is 0 Å².